The van der Waals surface area contributed by atoms with Crippen molar-refractivity contribution in [2.45, 2.75) is 53.1 Å². The van der Waals surface area contributed by atoms with Gasteiger partial charge in [-0.2, -0.15) is 8.42 Å². The molecule has 11 heteroatoms. The van der Waals surface area contributed by atoms with Gasteiger partial charge >= 0.3 is 45.6 Å². The van der Waals surface area contributed by atoms with Crippen LogP contribution in [0, 0.1) is 0 Å². The van der Waals surface area contributed by atoms with Crippen molar-refractivity contribution in [2.24, 2.45) is 5.16 Å². The van der Waals surface area contributed by atoms with Gasteiger partial charge in [0.25, 0.3) is 0 Å². The summed E-state index contributed by atoms with van der Waals surface area (Å²) in [4.78, 5) is 16.9. The van der Waals surface area contributed by atoms with Crippen molar-refractivity contribution in [3.8, 4) is 17.2 Å². The quantitative estimate of drug-likeness (QED) is 0.122. The van der Waals surface area contributed by atoms with E-state index in [0.29, 0.717) is 30.1 Å². The second-order valence-corrected chi connectivity index (χ2v) is 9.74. The van der Waals surface area contributed by atoms with Crippen molar-refractivity contribution in [2.75, 3.05) is 19.0 Å². The van der Waals surface area contributed by atoms with Gasteiger partial charge < -0.3 is 25.0 Å². The van der Waals surface area contributed by atoms with E-state index in [2.05, 4.69) is 5.16 Å². The van der Waals surface area contributed by atoms with E-state index in [0.717, 1.165) is 12.8 Å². The molecule has 0 radical (unpaired) electrons. The number of carboxylic acid groups (broad SMARTS) is 1. The van der Waals surface area contributed by atoms with Crippen LogP contribution in [0.4, 0.5) is 0 Å². The summed E-state index contributed by atoms with van der Waals surface area (Å²) < 4.78 is 41.1. The molecule has 0 aliphatic heterocycles. The van der Waals surface area contributed by atoms with Gasteiger partial charge in [0, 0.05) is 11.6 Å². The molecule has 36 heavy (non-hydrogen) atoms. The molecular formula is C25H34NNaO8S. The monoisotopic (exact) mass is 531 g/mol. The van der Waals surface area contributed by atoms with E-state index < -0.39 is 16.1 Å². The van der Waals surface area contributed by atoms with Gasteiger partial charge in [0.2, 0.25) is 0 Å². The molecule has 0 amide bonds. The standard InChI is InChI=1S/C25H33NO8S.Na.H/c1-5-7-12-35(29,30)34-21-10-8-9-19(13-21)24(26-32-11-6-2)17-31-22-14-20(25(27)28)15-23(16-22)33-18(3)4;;/h8-10,13-16,18H,5-7,11-12,17H2,1-4H3,(H,27,28);;/q;+1;-1. The molecule has 1 N–H and O–H groups in total. The van der Waals surface area contributed by atoms with Crippen molar-refractivity contribution in [1.82, 2.24) is 0 Å². The molecule has 0 bridgehead atoms. The first-order chi connectivity index (χ1) is 16.6. The average Bonchev–Trinajstić information content (AvgIpc) is 2.79. The number of hydrogen-bond acceptors (Lipinski definition) is 8. The van der Waals surface area contributed by atoms with Crippen LogP contribution in [0.15, 0.2) is 47.6 Å². The van der Waals surface area contributed by atoms with Crippen LogP contribution >= 0.6 is 0 Å². The minimum atomic E-state index is -3.72. The smallest absolute Gasteiger partial charge is 1.00 e. The fourth-order valence-corrected chi connectivity index (χ4v) is 4.01. The van der Waals surface area contributed by atoms with Crippen LogP contribution in [0.2, 0.25) is 0 Å². The largest absolute Gasteiger partial charge is 1.00 e. The first kappa shape index (κ1) is 31.8. The summed E-state index contributed by atoms with van der Waals surface area (Å²) in [6.45, 7) is 7.82. The molecule has 0 unspecified atom stereocenters. The van der Waals surface area contributed by atoms with Crippen LogP contribution < -0.4 is 43.2 Å². The van der Waals surface area contributed by atoms with Crippen LogP contribution in [-0.4, -0.2) is 50.3 Å². The summed E-state index contributed by atoms with van der Waals surface area (Å²) in [6, 6.07) is 10.9. The molecule has 0 spiro atoms. The molecule has 0 aromatic heterocycles. The first-order valence-corrected chi connectivity index (χ1v) is 13.1. The summed E-state index contributed by atoms with van der Waals surface area (Å²) in [5.74, 6) is -0.389. The molecule has 0 fully saturated rings. The number of carbonyl (C=O) groups is 1. The fourth-order valence-electron chi connectivity index (χ4n) is 2.88. The predicted octanol–water partition coefficient (Wildman–Crippen LogP) is 2.01. The zero-order chi connectivity index (χ0) is 25.8. The van der Waals surface area contributed by atoms with Gasteiger partial charge in [-0.1, -0.05) is 37.6 Å². The maximum absolute atomic E-state index is 12.2. The Kier molecular flexibility index (Phi) is 13.9. The molecule has 194 valence electrons. The fraction of sp³-hybridized carbons (Fsp3) is 0.440. The van der Waals surface area contributed by atoms with E-state index >= 15 is 0 Å². The van der Waals surface area contributed by atoms with E-state index in [-0.39, 0.29) is 66.5 Å². The number of carboxylic acids is 1. The summed E-state index contributed by atoms with van der Waals surface area (Å²) >= 11 is 0. The van der Waals surface area contributed by atoms with Gasteiger partial charge in [0.1, 0.15) is 36.2 Å². The van der Waals surface area contributed by atoms with E-state index in [1.165, 1.54) is 12.1 Å². The van der Waals surface area contributed by atoms with Gasteiger partial charge in [0.15, 0.2) is 0 Å². The molecule has 0 saturated carbocycles. The molecule has 0 aliphatic carbocycles. The van der Waals surface area contributed by atoms with Crippen LogP contribution in [0.1, 0.15) is 64.3 Å². The Morgan fingerprint density at radius 2 is 1.72 bits per heavy atom. The molecule has 2 rings (SSSR count). The van der Waals surface area contributed by atoms with Crippen LogP contribution in [0.3, 0.4) is 0 Å². The van der Waals surface area contributed by atoms with Crippen LogP contribution in [0.5, 0.6) is 17.2 Å². The molecule has 0 aliphatic rings. The zero-order valence-corrected chi connectivity index (χ0v) is 24.3. The molecule has 2 aromatic carbocycles. The van der Waals surface area contributed by atoms with Crippen molar-refractivity contribution >= 4 is 21.8 Å². The Balaban J connectivity index is 0.00000648. The van der Waals surface area contributed by atoms with Crippen LogP contribution in [0.25, 0.3) is 0 Å². The van der Waals surface area contributed by atoms with Crippen molar-refractivity contribution in [1.29, 1.82) is 0 Å². The molecule has 9 nitrogen and oxygen atoms in total. The van der Waals surface area contributed by atoms with Crippen molar-refractivity contribution in [3.05, 3.63) is 53.6 Å². The van der Waals surface area contributed by atoms with E-state index in [1.807, 2.05) is 27.7 Å². The van der Waals surface area contributed by atoms with Crippen LogP contribution in [-0.2, 0) is 15.0 Å². The molecule has 0 saturated heterocycles. The summed E-state index contributed by atoms with van der Waals surface area (Å²) in [7, 11) is -3.72. The molecule has 2 aromatic rings. The second kappa shape index (κ2) is 15.8. The minimum Gasteiger partial charge on any atom is -1.00 e. The number of ether oxygens (including phenoxy) is 2. The third-order valence-corrected chi connectivity index (χ3v) is 5.72. The third kappa shape index (κ3) is 11.2. The maximum Gasteiger partial charge on any atom is 1.00 e. The number of unbranched alkanes of at least 4 members (excludes halogenated alkanes) is 1. The Labute approximate surface area is 236 Å². The summed E-state index contributed by atoms with van der Waals surface area (Å²) in [6.07, 6.45) is 1.83. The number of oxime groups is 1. The Hall–Kier alpha value is -2.27. The molecular weight excluding hydrogens is 497 g/mol. The summed E-state index contributed by atoms with van der Waals surface area (Å²) in [5, 5.41) is 13.6. The van der Waals surface area contributed by atoms with Gasteiger partial charge in [-0.15, -0.1) is 0 Å². The first-order valence-electron chi connectivity index (χ1n) is 11.5. The SMILES string of the molecule is CCCCS(=O)(=O)Oc1cccc(C(COc2cc(OC(C)C)cc(C(=O)O)c2)=NOCCC)c1.[H-].[Na+]. The van der Waals surface area contributed by atoms with Crippen molar-refractivity contribution in [3.63, 3.8) is 0 Å². The Morgan fingerprint density at radius 3 is 2.36 bits per heavy atom. The van der Waals surface area contributed by atoms with Crippen molar-refractivity contribution < 1.29 is 67.8 Å². The topological polar surface area (TPSA) is 121 Å². The van der Waals surface area contributed by atoms with Gasteiger partial charge in [-0.05, 0) is 51.0 Å². The second-order valence-electron chi connectivity index (χ2n) is 8.05. The maximum atomic E-state index is 12.2. The third-order valence-electron chi connectivity index (χ3n) is 4.48. The van der Waals surface area contributed by atoms with E-state index in [9.17, 15) is 18.3 Å². The number of hydrogen-bond donors (Lipinski definition) is 1. The average molecular weight is 532 g/mol. The Bertz CT molecular complexity index is 1130. The van der Waals surface area contributed by atoms with Gasteiger partial charge in [0.05, 0.1) is 17.4 Å². The van der Waals surface area contributed by atoms with E-state index in [1.54, 1.807) is 30.3 Å². The number of rotatable bonds is 15. The molecule has 0 atom stereocenters. The normalized spacial score (nSPS) is 11.5. The summed E-state index contributed by atoms with van der Waals surface area (Å²) in [5.41, 5.74) is 0.936. The van der Waals surface area contributed by atoms with Gasteiger partial charge in [-0.25, -0.2) is 4.79 Å². The number of nitrogens with zero attached hydrogens (tertiary/aromatic N) is 1. The molecule has 0 heterocycles. The Morgan fingerprint density at radius 1 is 1.03 bits per heavy atom. The van der Waals surface area contributed by atoms with E-state index in [4.69, 9.17) is 18.5 Å². The number of benzene rings is 2. The predicted molar refractivity (Wildman–Crippen MR) is 134 cm³/mol. The minimum absolute atomic E-state index is 0. The number of aromatic carboxylic acids is 1. The van der Waals surface area contributed by atoms with Gasteiger partial charge in [-0.3, -0.25) is 0 Å². The zero-order valence-electron chi connectivity index (χ0n) is 22.5.